The maximum Gasteiger partial charge on any atom is 0.228 e. The van der Waals surface area contributed by atoms with E-state index in [-0.39, 0.29) is 12.0 Å². The van der Waals surface area contributed by atoms with Gasteiger partial charge in [0.2, 0.25) is 5.91 Å². The zero-order valence-electron chi connectivity index (χ0n) is 14.9. The Morgan fingerprint density at radius 2 is 1.92 bits per heavy atom. The third-order valence-electron chi connectivity index (χ3n) is 3.68. The van der Waals surface area contributed by atoms with E-state index in [2.05, 4.69) is 17.1 Å². The molecule has 2 aromatic rings. The second-order valence-corrected chi connectivity index (χ2v) is 6.10. The van der Waals surface area contributed by atoms with Gasteiger partial charge in [0, 0.05) is 25.0 Å². The molecular weight excluding hydrogens is 300 g/mol. The van der Waals surface area contributed by atoms with E-state index in [1.165, 1.54) is 0 Å². The summed E-state index contributed by atoms with van der Waals surface area (Å²) in [6.45, 7) is 6.98. The number of nitrogens with one attached hydrogen (secondary N) is 1. The molecule has 1 N–H and O–H groups in total. The van der Waals surface area contributed by atoms with Crippen molar-refractivity contribution in [1.82, 2.24) is 0 Å². The first kappa shape index (κ1) is 17.9. The molecule has 0 spiro atoms. The van der Waals surface area contributed by atoms with Crippen LogP contribution >= 0.6 is 0 Å². The molecule has 128 valence electrons. The van der Waals surface area contributed by atoms with E-state index in [0.717, 1.165) is 29.2 Å². The van der Waals surface area contributed by atoms with Crippen LogP contribution in [0.5, 0.6) is 5.75 Å². The Morgan fingerprint density at radius 3 is 2.62 bits per heavy atom. The van der Waals surface area contributed by atoms with E-state index < -0.39 is 0 Å². The van der Waals surface area contributed by atoms with E-state index >= 15 is 0 Å². The largest absolute Gasteiger partial charge is 0.491 e. The standard InChI is InChI=1S/C20H26N2O2/c1-5-22(4)18-10-7-9-17(14-18)21-20(23)13-16-8-6-11-19(12-16)24-15(2)3/h6-12,14-15H,5,13H2,1-4H3,(H,21,23). The number of hydrogen-bond acceptors (Lipinski definition) is 3. The van der Waals surface area contributed by atoms with Crippen LogP contribution in [0.25, 0.3) is 0 Å². The molecule has 0 unspecified atom stereocenters. The summed E-state index contributed by atoms with van der Waals surface area (Å²) in [6, 6.07) is 15.6. The molecule has 0 heterocycles. The molecule has 0 aromatic heterocycles. The van der Waals surface area contributed by atoms with Gasteiger partial charge in [0.15, 0.2) is 0 Å². The van der Waals surface area contributed by atoms with Crippen molar-refractivity contribution in [3.05, 3.63) is 54.1 Å². The Balaban J connectivity index is 2.01. The molecule has 0 saturated heterocycles. The van der Waals surface area contributed by atoms with Gasteiger partial charge in [-0.05, 0) is 56.7 Å². The zero-order chi connectivity index (χ0) is 17.5. The lowest BCUT2D eigenvalue weighted by Gasteiger charge is -2.17. The summed E-state index contributed by atoms with van der Waals surface area (Å²) < 4.78 is 5.67. The first-order chi connectivity index (χ1) is 11.5. The zero-order valence-corrected chi connectivity index (χ0v) is 14.9. The van der Waals surface area contributed by atoms with Gasteiger partial charge in [-0.3, -0.25) is 4.79 Å². The molecule has 1 amide bonds. The maximum atomic E-state index is 12.3. The molecule has 0 aliphatic rings. The minimum absolute atomic E-state index is 0.0343. The van der Waals surface area contributed by atoms with Crippen LogP contribution in [0, 0.1) is 0 Å². The Labute approximate surface area is 144 Å². The molecule has 4 heteroatoms. The summed E-state index contributed by atoms with van der Waals surface area (Å²) in [6.07, 6.45) is 0.440. The highest BCUT2D eigenvalue weighted by molar-refractivity contribution is 5.92. The molecule has 0 aliphatic heterocycles. The Kier molecular flexibility index (Phi) is 6.24. The van der Waals surface area contributed by atoms with Gasteiger partial charge in [0.25, 0.3) is 0 Å². The smallest absolute Gasteiger partial charge is 0.228 e. The van der Waals surface area contributed by atoms with Gasteiger partial charge in [-0.1, -0.05) is 18.2 Å². The third kappa shape index (κ3) is 5.30. The lowest BCUT2D eigenvalue weighted by atomic mass is 10.1. The quantitative estimate of drug-likeness (QED) is 0.832. The monoisotopic (exact) mass is 326 g/mol. The van der Waals surface area contributed by atoms with Crippen LogP contribution < -0.4 is 15.0 Å². The summed E-state index contributed by atoms with van der Waals surface area (Å²) in [4.78, 5) is 14.4. The van der Waals surface area contributed by atoms with Crippen LogP contribution in [-0.2, 0) is 11.2 Å². The first-order valence-corrected chi connectivity index (χ1v) is 8.34. The summed E-state index contributed by atoms with van der Waals surface area (Å²) in [5, 5.41) is 2.96. The summed E-state index contributed by atoms with van der Waals surface area (Å²) >= 11 is 0. The number of amides is 1. The number of ether oxygens (including phenoxy) is 1. The molecular formula is C20H26N2O2. The number of hydrogen-bond donors (Lipinski definition) is 1. The van der Waals surface area contributed by atoms with E-state index in [4.69, 9.17) is 4.74 Å². The predicted molar refractivity (Wildman–Crippen MR) is 99.9 cm³/mol. The Bertz CT molecular complexity index is 683. The van der Waals surface area contributed by atoms with Gasteiger partial charge in [0.05, 0.1) is 12.5 Å². The molecule has 24 heavy (non-hydrogen) atoms. The lowest BCUT2D eigenvalue weighted by Crippen LogP contribution is -2.17. The van der Waals surface area contributed by atoms with E-state index in [0.29, 0.717) is 6.42 Å². The van der Waals surface area contributed by atoms with Crippen LogP contribution in [0.15, 0.2) is 48.5 Å². The average Bonchev–Trinajstić information content (AvgIpc) is 2.54. The molecule has 0 bridgehead atoms. The van der Waals surface area contributed by atoms with E-state index in [1.54, 1.807) is 0 Å². The molecule has 2 aromatic carbocycles. The number of nitrogens with zero attached hydrogens (tertiary/aromatic N) is 1. The fourth-order valence-corrected chi connectivity index (χ4v) is 2.40. The fraction of sp³-hybridized carbons (Fsp3) is 0.350. The van der Waals surface area contributed by atoms with Gasteiger partial charge in [0.1, 0.15) is 5.75 Å². The second kappa shape index (κ2) is 8.39. The average molecular weight is 326 g/mol. The highest BCUT2D eigenvalue weighted by Gasteiger charge is 2.07. The second-order valence-electron chi connectivity index (χ2n) is 6.10. The minimum Gasteiger partial charge on any atom is -0.491 e. The van der Waals surface area contributed by atoms with Crippen LogP contribution in [-0.4, -0.2) is 25.6 Å². The topological polar surface area (TPSA) is 41.6 Å². The lowest BCUT2D eigenvalue weighted by molar-refractivity contribution is -0.115. The summed E-state index contributed by atoms with van der Waals surface area (Å²) in [5.41, 5.74) is 2.84. The van der Waals surface area contributed by atoms with Crippen LogP contribution in [0.2, 0.25) is 0 Å². The molecule has 2 rings (SSSR count). The predicted octanol–water partition coefficient (Wildman–Crippen LogP) is 4.11. The number of rotatable bonds is 7. The van der Waals surface area contributed by atoms with Crippen molar-refractivity contribution in [2.45, 2.75) is 33.3 Å². The normalized spacial score (nSPS) is 10.5. The Morgan fingerprint density at radius 1 is 1.17 bits per heavy atom. The van der Waals surface area contributed by atoms with Crippen molar-refractivity contribution in [3.8, 4) is 5.75 Å². The van der Waals surface area contributed by atoms with Crippen molar-refractivity contribution in [2.75, 3.05) is 23.8 Å². The van der Waals surface area contributed by atoms with Crippen molar-refractivity contribution in [1.29, 1.82) is 0 Å². The molecule has 0 radical (unpaired) electrons. The Hall–Kier alpha value is -2.49. The maximum absolute atomic E-state index is 12.3. The molecule has 0 fully saturated rings. The SMILES string of the molecule is CCN(C)c1cccc(NC(=O)Cc2cccc(OC(C)C)c2)c1. The van der Waals surface area contributed by atoms with Crippen molar-refractivity contribution < 1.29 is 9.53 Å². The highest BCUT2D eigenvalue weighted by Crippen LogP contribution is 2.19. The molecule has 0 aliphatic carbocycles. The van der Waals surface area contributed by atoms with Gasteiger partial charge < -0.3 is 15.0 Å². The van der Waals surface area contributed by atoms with Gasteiger partial charge in [-0.2, -0.15) is 0 Å². The number of anilines is 2. The highest BCUT2D eigenvalue weighted by atomic mass is 16.5. The van der Waals surface area contributed by atoms with Gasteiger partial charge in [-0.15, -0.1) is 0 Å². The van der Waals surface area contributed by atoms with E-state index in [9.17, 15) is 4.79 Å². The first-order valence-electron chi connectivity index (χ1n) is 8.34. The van der Waals surface area contributed by atoms with Crippen LogP contribution in [0.3, 0.4) is 0 Å². The molecule has 0 saturated carbocycles. The number of carbonyl (C=O) groups excluding carboxylic acids is 1. The van der Waals surface area contributed by atoms with Gasteiger partial charge in [-0.25, -0.2) is 0 Å². The summed E-state index contributed by atoms with van der Waals surface area (Å²) in [5.74, 6) is 0.759. The number of benzene rings is 2. The van der Waals surface area contributed by atoms with Gasteiger partial charge >= 0.3 is 0 Å². The van der Waals surface area contributed by atoms with Crippen LogP contribution in [0.1, 0.15) is 26.3 Å². The molecule has 0 atom stereocenters. The van der Waals surface area contributed by atoms with E-state index in [1.807, 2.05) is 69.4 Å². The number of carbonyl (C=O) groups is 1. The fourth-order valence-electron chi connectivity index (χ4n) is 2.40. The van der Waals surface area contributed by atoms with Crippen molar-refractivity contribution in [2.24, 2.45) is 0 Å². The molecule has 4 nitrogen and oxygen atoms in total. The summed E-state index contributed by atoms with van der Waals surface area (Å²) in [7, 11) is 2.03. The van der Waals surface area contributed by atoms with Crippen molar-refractivity contribution >= 4 is 17.3 Å². The van der Waals surface area contributed by atoms with Crippen molar-refractivity contribution in [3.63, 3.8) is 0 Å². The van der Waals surface area contributed by atoms with Crippen LogP contribution in [0.4, 0.5) is 11.4 Å². The minimum atomic E-state index is -0.0343. The third-order valence-corrected chi connectivity index (χ3v) is 3.68.